The van der Waals surface area contributed by atoms with Gasteiger partial charge in [0.2, 0.25) is 11.8 Å². The molecule has 8 nitrogen and oxygen atoms in total. The predicted octanol–water partition coefficient (Wildman–Crippen LogP) is 0.807. The summed E-state index contributed by atoms with van der Waals surface area (Å²) in [7, 11) is 0. The van der Waals surface area contributed by atoms with E-state index in [1.165, 1.54) is 10.6 Å². The summed E-state index contributed by atoms with van der Waals surface area (Å²) >= 11 is 0. The maximum Gasteiger partial charge on any atom is 0.225 e. The first-order valence-electron chi connectivity index (χ1n) is 10.5. The summed E-state index contributed by atoms with van der Waals surface area (Å²) in [5.74, 6) is 1.78. The molecule has 1 N–H and O–H groups in total. The highest BCUT2D eigenvalue weighted by molar-refractivity contribution is 5.67. The van der Waals surface area contributed by atoms with E-state index < -0.39 is 0 Å². The topological polar surface area (TPSA) is 71.7 Å². The van der Waals surface area contributed by atoms with Crippen LogP contribution in [-0.2, 0) is 4.74 Å². The van der Waals surface area contributed by atoms with Crippen molar-refractivity contribution in [3.05, 3.63) is 54.9 Å². The number of quaternary nitrogens is 1. The van der Waals surface area contributed by atoms with Crippen LogP contribution in [-0.4, -0.2) is 72.6 Å². The summed E-state index contributed by atoms with van der Waals surface area (Å²) in [5.41, 5.74) is 3.23. The quantitative estimate of drug-likeness (QED) is 0.690. The zero-order chi connectivity index (χ0) is 20.2. The molecule has 2 aliphatic heterocycles. The fraction of sp³-hybridized carbons (Fsp3) is 0.364. The fourth-order valence-corrected chi connectivity index (χ4v) is 4.09. The first-order chi connectivity index (χ1) is 14.9. The summed E-state index contributed by atoms with van der Waals surface area (Å²) < 4.78 is 5.59. The van der Waals surface area contributed by atoms with E-state index >= 15 is 0 Å². The van der Waals surface area contributed by atoms with Gasteiger partial charge in [-0.2, -0.15) is 0 Å². The predicted molar refractivity (Wildman–Crippen MR) is 115 cm³/mol. The van der Waals surface area contributed by atoms with Gasteiger partial charge in [0.15, 0.2) is 5.69 Å². The largest absolute Gasteiger partial charge is 0.370 e. The third-order valence-corrected chi connectivity index (χ3v) is 5.74. The van der Waals surface area contributed by atoms with E-state index in [0.29, 0.717) is 0 Å². The number of rotatable bonds is 4. The van der Waals surface area contributed by atoms with Crippen LogP contribution in [0.4, 0.5) is 17.5 Å². The molecule has 4 heterocycles. The highest BCUT2D eigenvalue weighted by Gasteiger charge is 2.28. The van der Waals surface area contributed by atoms with Crippen molar-refractivity contribution in [1.29, 1.82) is 0 Å². The third kappa shape index (κ3) is 3.96. The third-order valence-electron chi connectivity index (χ3n) is 5.74. The van der Waals surface area contributed by atoms with Crippen molar-refractivity contribution in [1.82, 2.24) is 20.2 Å². The molecule has 0 bridgehead atoms. The van der Waals surface area contributed by atoms with Gasteiger partial charge in [-0.1, -0.05) is 30.3 Å². The lowest BCUT2D eigenvalue weighted by molar-refractivity contribution is -0.842. The maximum absolute atomic E-state index is 5.59. The van der Waals surface area contributed by atoms with E-state index in [0.717, 1.165) is 75.5 Å². The summed E-state index contributed by atoms with van der Waals surface area (Å²) in [4.78, 5) is 14.8. The summed E-state index contributed by atoms with van der Waals surface area (Å²) in [6.07, 6.45) is 3.59. The van der Waals surface area contributed by atoms with Crippen molar-refractivity contribution >= 4 is 17.5 Å². The van der Waals surface area contributed by atoms with Crippen LogP contribution in [0.15, 0.2) is 54.9 Å². The molecular formula is C22H26N7O+. The molecule has 0 unspecified atom stereocenters. The average molecular weight is 404 g/mol. The molecule has 0 aliphatic carbocycles. The molecule has 8 heteroatoms. The second kappa shape index (κ2) is 8.73. The van der Waals surface area contributed by atoms with Gasteiger partial charge in [0, 0.05) is 50.2 Å². The van der Waals surface area contributed by atoms with Crippen LogP contribution in [0.5, 0.6) is 0 Å². The molecule has 2 saturated heterocycles. The standard InChI is InChI=1S/C22H25N7O/c1-2-5-18(6-3-1)19-17-20(27-13-15-30-16-14-27)21(26-25-19)28-9-11-29(12-10-28)22-23-7-4-8-24-22/h1-8,17H,9-16H2/p+1. The van der Waals surface area contributed by atoms with E-state index in [2.05, 4.69) is 43.1 Å². The minimum Gasteiger partial charge on any atom is -0.370 e. The number of aromatic nitrogens is 4. The molecule has 0 amide bonds. The number of piperazine rings is 1. The number of ether oxygens (including phenoxy) is 1. The van der Waals surface area contributed by atoms with Crippen LogP contribution in [0.25, 0.3) is 11.3 Å². The van der Waals surface area contributed by atoms with Gasteiger partial charge in [-0.25, -0.2) is 9.97 Å². The Labute approximate surface area is 176 Å². The number of morpholine rings is 1. The summed E-state index contributed by atoms with van der Waals surface area (Å²) in [6.45, 7) is 6.92. The van der Waals surface area contributed by atoms with Crippen molar-refractivity contribution in [3.8, 4) is 11.3 Å². The lowest BCUT2D eigenvalue weighted by Gasteiger charge is -2.36. The number of nitrogens with zero attached hydrogens (tertiary/aromatic N) is 6. The highest BCUT2D eigenvalue weighted by Crippen LogP contribution is 2.26. The molecule has 3 aromatic rings. The molecule has 1 aromatic carbocycles. The molecule has 2 aromatic heterocycles. The molecule has 5 rings (SSSR count). The van der Waals surface area contributed by atoms with E-state index in [1.54, 1.807) is 12.4 Å². The molecule has 2 aliphatic rings. The van der Waals surface area contributed by atoms with Crippen molar-refractivity contribution in [2.45, 2.75) is 0 Å². The van der Waals surface area contributed by atoms with Crippen molar-refractivity contribution in [3.63, 3.8) is 0 Å². The van der Waals surface area contributed by atoms with Gasteiger partial charge in [0.1, 0.15) is 13.1 Å². The molecular weight excluding hydrogens is 378 g/mol. The van der Waals surface area contributed by atoms with Gasteiger partial charge in [0.25, 0.3) is 0 Å². The Morgan fingerprint density at radius 1 is 0.800 bits per heavy atom. The second-order valence-corrected chi connectivity index (χ2v) is 7.57. The first-order valence-corrected chi connectivity index (χ1v) is 10.5. The SMILES string of the molecule is c1ccc(-c2cc([NH+]3CCOCC3)c(N3CCN(c4ncccn4)CC3)nn2)cc1. The fourth-order valence-electron chi connectivity index (χ4n) is 4.09. The minimum absolute atomic E-state index is 0.775. The van der Waals surface area contributed by atoms with Crippen LogP contribution in [0.3, 0.4) is 0 Å². The molecule has 0 radical (unpaired) electrons. The van der Waals surface area contributed by atoms with Gasteiger partial charge >= 0.3 is 0 Å². The number of hydrogen-bond donors (Lipinski definition) is 1. The first kappa shape index (κ1) is 18.9. The number of nitrogens with one attached hydrogen (secondary N) is 1. The Hall–Kier alpha value is -3.10. The molecule has 0 spiro atoms. The second-order valence-electron chi connectivity index (χ2n) is 7.57. The molecule has 2 fully saturated rings. The van der Waals surface area contributed by atoms with Crippen LogP contribution in [0.1, 0.15) is 0 Å². The number of benzene rings is 1. The lowest BCUT2D eigenvalue weighted by Crippen LogP contribution is -3.09. The monoisotopic (exact) mass is 404 g/mol. The molecule has 154 valence electrons. The van der Waals surface area contributed by atoms with E-state index in [4.69, 9.17) is 9.84 Å². The Morgan fingerprint density at radius 2 is 1.50 bits per heavy atom. The Bertz CT molecular complexity index is 956. The smallest absolute Gasteiger partial charge is 0.225 e. The van der Waals surface area contributed by atoms with Gasteiger partial charge < -0.3 is 14.5 Å². The Balaban J connectivity index is 1.41. The van der Waals surface area contributed by atoms with E-state index in [9.17, 15) is 0 Å². The van der Waals surface area contributed by atoms with Gasteiger partial charge in [-0.3, -0.25) is 4.90 Å². The summed E-state index contributed by atoms with van der Waals surface area (Å²) in [5, 5.41) is 9.30. The lowest BCUT2D eigenvalue weighted by atomic mass is 10.1. The van der Waals surface area contributed by atoms with Gasteiger partial charge in [0.05, 0.1) is 18.9 Å². The van der Waals surface area contributed by atoms with Crippen molar-refractivity contribution in [2.75, 3.05) is 62.3 Å². The highest BCUT2D eigenvalue weighted by atomic mass is 16.5. The van der Waals surface area contributed by atoms with Gasteiger partial charge in [-0.05, 0) is 6.07 Å². The molecule has 30 heavy (non-hydrogen) atoms. The maximum atomic E-state index is 5.59. The van der Waals surface area contributed by atoms with Crippen LogP contribution in [0.2, 0.25) is 0 Å². The van der Waals surface area contributed by atoms with E-state index in [1.807, 2.05) is 24.3 Å². The Kier molecular flexibility index (Phi) is 5.50. The zero-order valence-corrected chi connectivity index (χ0v) is 16.9. The number of anilines is 2. The van der Waals surface area contributed by atoms with Crippen LogP contribution >= 0.6 is 0 Å². The zero-order valence-electron chi connectivity index (χ0n) is 16.9. The normalized spacial score (nSPS) is 17.9. The van der Waals surface area contributed by atoms with Gasteiger partial charge in [-0.15, -0.1) is 10.2 Å². The summed E-state index contributed by atoms with van der Waals surface area (Å²) in [6, 6.07) is 14.3. The molecule has 0 saturated carbocycles. The number of hydrogen-bond acceptors (Lipinski definition) is 7. The van der Waals surface area contributed by atoms with Crippen molar-refractivity contribution < 1.29 is 9.64 Å². The van der Waals surface area contributed by atoms with Crippen LogP contribution < -0.4 is 14.7 Å². The average Bonchev–Trinajstić information content (AvgIpc) is 2.85. The van der Waals surface area contributed by atoms with Crippen LogP contribution in [0, 0.1) is 0 Å². The Morgan fingerprint density at radius 3 is 2.23 bits per heavy atom. The van der Waals surface area contributed by atoms with Crippen molar-refractivity contribution in [2.24, 2.45) is 0 Å². The van der Waals surface area contributed by atoms with E-state index in [-0.39, 0.29) is 0 Å². The minimum atomic E-state index is 0.775. The molecule has 0 atom stereocenters.